The van der Waals surface area contributed by atoms with E-state index in [1.807, 2.05) is 12.1 Å². The third-order valence-corrected chi connectivity index (χ3v) is 17.1. The van der Waals surface area contributed by atoms with Crippen LogP contribution in [0.3, 0.4) is 0 Å². The van der Waals surface area contributed by atoms with Gasteiger partial charge in [-0.25, -0.2) is 14.4 Å². The highest BCUT2D eigenvalue weighted by Crippen LogP contribution is 2.48. The number of unbranched alkanes of at least 4 members (excludes halogenated alkanes) is 2. The standard InChI is InChI=1S/C63H90O9/c1-7-11-16-31-49(8-2)70-58(64)42-68-56-38-45(5)51(40-53(56)47-27-17-12-18-28-47)61(50-32-21-22-33-55(50)67-43-59(65)71-62(9-3)34-23-14-24-35-62)52-41-54(48-29-19-13-20-30-48)57(39-46(52)6)69-44-60(66)72-63(10-4)36-25-15-26-37-63/h21-22,32-33,38-41,47-49,61H,7-20,23-31,34-37,42-44H2,1-6H3. The third kappa shape index (κ3) is 14.6. The molecule has 4 aliphatic carbocycles. The van der Waals surface area contributed by atoms with E-state index in [0.29, 0.717) is 5.75 Å². The number of hydrogen-bond acceptors (Lipinski definition) is 9. The summed E-state index contributed by atoms with van der Waals surface area (Å²) in [4.78, 5) is 40.8. The number of rotatable bonds is 24. The van der Waals surface area contributed by atoms with Crippen molar-refractivity contribution in [1.82, 2.24) is 0 Å². The van der Waals surface area contributed by atoms with Gasteiger partial charge in [-0.2, -0.15) is 0 Å². The summed E-state index contributed by atoms with van der Waals surface area (Å²) in [7, 11) is 0. The molecule has 9 heteroatoms. The van der Waals surface area contributed by atoms with Crippen LogP contribution in [0.15, 0.2) is 48.5 Å². The zero-order chi connectivity index (χ0) is 50.9. The molecule has 0 radical (unpaired) electrons. The molecule has 2 unspecified atom stereocenters. The summed E-state index contributed by atoms with van der Waals surface area (Å²) >= 11 is 0. The number of carbonyl (C=O) groups excluding carboxylic acids is 3. The monoisotopic (exact) mass is 991 g/mol. The normalized spacial score (nSPS) is 19.1. The molecule has 0 bridgehead atoms. The molecule has 0 N–H and O–H groups in total. The van der Waals surface area contributed by atoms with Gasteiger partial charge in [0, 0.05) is 11.5 Å². The highest BCUT2D eigenvalue weighted by molar-refractivity contribution is 5.73. The van der Waals surface area contributed by atoms with Gasteiger partial charge in [0.2, 0.25) is 0 Å². The smallest absolute Gasteiger partial charge is 0.344 e. The van der Waals surface area contributed by atoms with Crippen molar-refractivity contribution >= 4 is 17.9 Å². The third-order valence-electron chi connectivity index (χ3n) is 17.1. The lowest BCUT2D eigenvalue weighted by Crippen LogP contribution is -2.38. The zero-order valence-electron chi connectivity index (χ0n) is 45.3. The predicted octanol–water partition coefficient (Wildman–Crippen LogP) is 15.9. The summed E-state index contributed by atoms with van der Waals surface area (Å²) in [5, 5.41) is 0. The Kier molecular flexibility index (Phi) is 20.8. The van der Waals surface area contributed by atoms with Crippen LogP contribution in [0.25, 0.3) is 0 Å². The Labute approximate surface area is 433 Å². The maximum absolute atomic E-state index is 13.8. The van der Waals surface area contributed by atoms with Crippen LogP contribution in [0, 0.1) is 13.8 Å². The van der Waals surface area contributed by atoms with Crippen molar-refractivity contribution in [2.24, 2.45) is 0 Å². The Morgan fingerprint density at radius 1 is 0.528 bits per heavy atom. The summed E-state index contributed by atoms with van der Waals surface area (Å²) in [6.45, 7) is 12.3. The molecule has 4 saturated carbocycles. The average molecular weight is 991 g/mol. The minimum Gasteiger partial charge on any atom is -0.482 e. The Hall–Kier alpha value is -4.53. The summed E-state index contributed by atoms with van der Waals surface area (Å²) in [6, 6.07) is 17.2. The van der Waals surface area contributed by atoms with Gasteiger partial charge in [0.15, 0.2) is 19.8 Å². The molecule has 7 rings (SSSR count). The fourth-order valence-corrected chi connectivity index (χ4v) is 12.7. The first kappa shape index (κ1) is 55.2. The fraction of sp³-hybridized carbons (Fsp3) is 0.667. The van der Waals surface area contributed by atoms with Gasteiger partial charge in [0.1, 0.15) is 34.6 Å². The largest absolute Gasteiger partial charge is 0.482 e. The van der Waals surface area contributed by atoms with Crippen LogP contribution in [0.2, 0.25) is 0 Å². The van der Waals surface area contributed by atoms with Gasteiger partial charge in [-0.1, -0.05) is 122 Å². The van der Waals surface area contributed by atoms with Gasteiger partial charge >= 0.3 is 17.9 Å². The van der Waals surface area contributed by atoms with Crippen LogP contribution in [-0.4, -0.2) is 55.0 Å². The van der Waals surface area contributed by atoms with Crippen LogP contribution in [0.1, 0.15) is 258 Å². The topological polar surface area (TPSA) is 107 Å². The van der Waals surface area contributed by atoms with E-state index in [2.05, 4.69) is 77.9 Å². The van der Waals surface area contributed by atoms with Crippen LogP contribution in [0.5, 0.6) is 17.2 Å². The summed E-state index contributed by atoms with van der Waals surface area (Å²) in [6.07, 6.45) is 27.8. The molecule has 72 heavy (non-hydrogen) atoms. The minimum absolute atomic E-state index is 0.110. The van der Waals surface area contributed by atoms with Gasteiger partial charge in [0.05, 0.1) is 0 Å². The number of carbonyl (C=O) groups is 3. The number of aryl methyl sites for hydroxylation is 2. The zero-order valence-corrected chi connectivity index (χ0v) is 45.3. The SMILES string of the molecule is CCCCCC(CC)OC(=O)COc1cc(C)c(C(c2cc(C3CCCCC3)c(OCC(=O)OC3(CC)CCCCC3)cc2C)c2ccccc2OCC(=O)OC2(CC)CCCCC2)cc1C1CCCCC1. The Morgan fingerprint density at radius 2 is 0.972 bits per heavy atom. The predicted molar refractivity (Wildman–Crippen MR) is 287 cm³/mol. The van der Waals surface area contributed by atoms with E-state index in [4.69, 9.17) is 28.4 Å². The molecule has 3 aromatic carbocycles. The Morgan fingerprint density at radius 3 is 1.43 bits per heavy atom. The first-order valence-electron chi connectivity index (χ1n) is 28.9. The van der Waals surface area contributed by atoms with Crippen LogP contribution in [0.4, 0.5) is 0 Å². The highest BCUT2D eigenvalue weighted by Gasteiger charge is 2.37. The molecular weight excluding hydrogens is 901 g/mol. The highest BCUT2D eigenvalue weighted by atomic mass is 16.6. The maximum Gasteiger partial charge on any atom is 0.344 e. The second-order valence-electron chi connectivity index (χ2n) is 22.2. The van der Waals surface area contributed by atoms with E-state index < -0.39 is 11.2 Å². The minimum atomic E-state index is -0.430. The molecule has 0 heterocycles. The van der Waals surface area contributed by atoms with Crippen molar-refractivity contribution in [3.63, 3.8) is 0 Å². The quantitative estimate of drug-likeness (QED) is 0.0375. The number of esters is 3. The molecule has 0 saturated heterocycles. The maximum atomic E-state index is 13.8. The molecule has 0 aliphatic heterocycles. The Bertz CT molecular complexity index is 2200. The molecule has 0 spiro atoms. The molecule has 4 fully saturated rings. The van der Waals surface area contributed by atoms with Crippen molar-refractivity contribution in [2.45, 2.75) is 250 Å². The van der Waals surface area contributed by atoms with E-state index in [-0.39, 0.29) is 61.6 Å². The number of ether oxygens (including phenoxy) is 6. The van der Waals surface area contributed by atoms with E-state index in [1.165, 1.54) is 25.7 Å². The van der Waals surface area contributed by atoms with Crippen LogP contribution >= 0.6 is 0 Å². The van der Waals surface area contributed by atoms with Crippen molar-refractivity contribution in [3.05, 3.63) is 87.5 Å². The van der Waals surface area contributed by atoms with E-state index in [9.17, 15) is 14.4 Å². The van der Waals surface area contributed by atoms with Crippen molar-refractivity contribution in [3.8, 4) is 17.2 Å². The average Bonchev–Trinajstić information content (AvgIpc) is 3.41. The molecule has 0 amide bonds. The first-order valence-corrected chi connectivity index (χ1v) is 28.9. The van der Waals surface area contributed by atoms with Crippen molar-refractivity contribution in [2.75, 3.05) is 19.8 Å². The Balaban J connectivity index is 1.29. The molecule has 3 aromatic rings. The lowest BCUT2D eigenvalue weighted by atomic mass is 9.75. The summed E-state index contributed by atoms with van der Waals surface area (Å²) in [5.41, 5.74) is 6.65. The van der Waals surface area contributed by atoms with Crippen LogP contribution in [-0.2, 0) is 28.6 Å². The van der Waals surface area contributed by atoms with E-state index >= 15 is 0 Å². The summed E-state index contributed by atoms with van der Waals surface area (Å²) in [5.74, 6) is 1.38. The van der Waals surface area contributed by atoms with E-state index in [1.54, 1.807) is 0 Å². The lowest BCUT2D eigenvalue weighted by Gasteiger charge is -2.36. The molecule has 4 aliphatic rings. The number of hydrogen-bond donors (Lipinski definition) is 0. The fourth-order valence-electron chi connectivity index (χ4n) is 12.7. The molecule has 0 aromatic heterocycles. The van der Waals surface area contributed by atoms with Gasteiger partial charge in [0.25, 0.3) is 0 Å². The number of para-hydroxylation sites is 1. The van der Waals surface area contributed by atoms with Gasteiger partial charge in [-0.05, 0) is 186 Å². The second kappa shape index (κ2) is 27.1. The van der Waals surface area contributed by atoms with Crippen molar-refractivity contribution in [1.29, 1.82) is 0 Å². The molecular formula is C63H90O9. The van der Waals surface area contributed by atoms with E-state index in [0.717, 1.165) is 198 Å². The van der Waals surface area contributed by atoms with Gasteiger partial charge in [-0.3, -0.25) is 0 Å². The molecule has 2 atom stereocenters. The molecule has 9 nitrogen and oxygen atoms in total. The summed E-state index contributed by atoms with van der Waals surface area (Å²) < 4.78 is 38.3. The van der Waals surface area contributed by atoms with Gasteiger partial charge < -0.3 is 28.4 Å². The van der Waals surface area contributed by atoms with Crippen molar-refractivity contribution < 1.29 is 42.8 Å². The van der Waals surface area contributed by atoms with Gasteiger partial charge in [-0.15, -0.1) is 0 Å². The lowest BCUT2D eigenvalue weighted by molar-refractivity contribution is -0.167. The molecule has 396 valence electrons. The number of benzene rings is 3. The first-order chi connectivity index (χ1) is 35.0. The second-order valence-corrected chi connectivity index (χ2v) is 22.2. The van der Waals surface area contributed by atoms with Crippen LogP contribution < -0.4 is 14.2 Å².